The predicted molar refractivity (Wildman–Crippen MR) is 87.0 cm³/mol. The average Bonchev–Trinajstić information content (AvgIpc) is 3.01. The van der Waals surface area contributed by atoms with Gasteiger partial charge in [0.1, 0.15) is 11.2 Å². The van der Waals surface area contributed by atoms with E-state index in [1.165, 1.54) is 33.0 Å². The summed E-state index contributed by atoms with van der Waals surface area (Å²) in [5, 5.41) is 3.18. The van der Waals surface area contributed by atoms with Gasteiger partial charge >= 0.3 is 0 Å². The van der Waals surface area contributed by atoms with Crippen LogP contribution in [0.15, 0.2) is 59.0 Å². The maximum Gasteiger partial charge on any atom is 0.136 e. The Kier molecular flexibility index (Phi) is 2.12. The molecule has 1 nitrogen and oxygen atoms in total. The Labute approximate surface area is 126 Å². The Balaban J connectivity index is 1.85. The zero-order valence-electron chi connectivity index (χ0n) is 11.2. The summed E-state index contributed by atoms with van der Waals surface area (Å²) >= 11 is 6.11. The van der Waals surface area contributed by atoms with Gasteiger partial charge < -0.3 is 4.42 Å². The molecule has 3 aromatic carbocycles. The van der Waals surface area contributed by atoms with E-state index >= 15 is 0 Å². The third-order valence-corrected chi connectivity index (χ3v) is 4.58. The van der Waals surface area contributed by atoms with E-state index in [1.54, 1.807) is 0 Å². The fraction of sp³-hybridized carbons (Fsp3) is 0.0526. The van der Waals surface area contributed by atoms with Gasteiger partial charge in [-0.1, -0.05) is 35.9 Å². The third kappa shape index (κ3) is 1.52. The van der Waals surface area contributed by atoms with Gasteiger partial charge in [-0.25, -0.2) is 0 Å². The van der Waals surface area contributed by atoms with Crippen LogP contribution in [0.4, 0.5) is 0 Å². The first kappa shape index (κ1) is 11.4. The molecule has 0 saturated carbocycles. The Morgan fingerprint density at radius 3 is 2.57 bits per heavy atom. The molecule has 0 atom stereocenters. The predicted octanol–water partition coefficient (Wildman–Crippen LogP) is 5.81. The van der Waals surface area contributed by atoms with Gasteiger partial charge in [0.15, 0.2) is 0 Å². The molecule has 0 bridgehead atoms. The maximum absolute atomic E-state index is 6.11. The molecule has 2 heteroatoms. The van der Waals surface area contributed by atoms with Crippen molar-refractivity contribution >= 4 is 33.5 Å². The second kappa shape index (κ2) is 3.90. The molecular weight excluding hydrogens is 280 g/mol. The Bertz CT molecular complexity index is 1030. The molecule has 21 heavy (non-hydrogen) atoms. The van der Waals surface area contributed by atoms with Crippen LogP contribution < -0.4 is 0 Å². The van der Waals surface area contributed by atoms with E-state index in [9.17, 15) is 0 Å². The molecule has 0 fully saturated rings. The smallest absolute Gasteiger partial charge is 0.136 e. The molecule has 0 spiro atoms. The normalized spacial score (nSPS) is 12.8. The van der Waals surface area contributed by atoms with E-state index in [-0.39, 0.29) is 0 Å². The number of fused-ring (bicyclic) bond motifs is 6. The highest BCUT2D eigenvalue weighted by Crippen LogP contribution is 2.41. The van der Waals surface area contributed by atoms with E-state index in [1.807, 2.05) is 18.2 Å². The number of halogens is 1. The van der Waals surface area contributed by atoms with Crippen molar-refractivity contribution in [2.45, 2.75) is 6.42 Å². The summed E-state index contributed by atoms with van der Waals surface area (Å²) in [6, 6.07) is 18.8. The fourth-order valence-electron chi connectivity index (χ4n) is 3.39. The summed E-state index contributed by atoms with van der Waals surface area (Å²) in [7, 11) is 0. The van der Waals surface area contributed by atoms with Crippen LogP contribution >= 0.6 is 11.6 Å². The number of benzene rings is 3. The molecule has 0 radical (unpaired) electrons. The van der Waals surface area contributed by atoms with E-state index in [4.69, 9.17) is 16.0 Å². The highest BCUT2D eigenvalue weighted by atomic mass is 35.5. The molecule has 1 aliphatic rings. The first-order valence-electron chi connectivity index (χ1n) is 7.02. The Hall–Kier alpha value is -2.25. The summed E-state index contributed by atoms with van der Waals surface area (Å²) in [4.78, 5) is 0. The molecule has 0 unspecified atom stereocenters. The molecule has 1 aliphatic carbocycles. The van der Waals surface area contributed by atoms with Crippen molar-refractivity contribution in [3.05, 3.63) is 70.7 Å². The third-order valence-electron chi connectivity index (χ3n) is 4.34. The van der Waals surface area contributed by atoms with Crippen LogP contribution in [-0.2, 0) is 6.42 Å². The summed E-state index contributed by atoms with van der Waals surface area (Å²) in [5.41, 5.74) is 7.11. The standard InChI is InChI=1S/C19H11ClO/c20-13-5-6-14-11(8-13)7-12-9-17-15-3-1-2-4-18(15)21-19(17)10-16(12)14/h1-6,8-10H,7H2. The van der Waals surface area contributed by atoms with Crippen molar-refractivity contribution in [2.24, 2.45) is 0 Å². The lowest BCUT2D eigenvalue weighted by Crippen LogP contribution is -1.79. The summed E-state index contributed by atoms with van der Waals surface area (Å²) < 4.78 is 5.99. The van der Waals surface area contributed by atoms with Crippen LogP contribution in [0.3, 0.4) is 0 Å². The molecule has 0 saturated heterocycles. The lowest BCUT2D eigenvalue weighted by molar-refractivity contribution is 0.669. The Morgan fingerprint density at radius 2 is 1.62 bits per heavy atom. The number of furan rings is 1. The van der Waals surface area contributed by atoms with E-state index < -0.39 is 0 Å². The van der Waals surface area contributed by atoms with Gasteiger partial charge in [0, 0.05) is 15.8 Å². The molecule has 100 valence electrons. The minimum Gasteiger partial charge on any atom is -0.456 e. The van der Waals surface area contributed by atoms with Crippen molar-refractivity contribution in [2.75, 3.05) is 0 Å². The quantitative estimate of drug-likeness (QED) is 0.351. The lowest BCUT2D eigenvalue weighted by Gasteiger charge is -2.01. The summed E-state index contributed by atoms with van der Waals surface area (Å²) in [6.07, 6.45) is 0.945. The topological polar surface area (TPSA) is 13.1 Å². The minimum atomic E-state index is 0.802. The molecule has 0 amide bonds. The molecule has 1 heterocycles. The fourth-order valence-corrected chi connectivity index (χ4v) is 3.58. The zero-order chi connectivity index (χ0) is 14.0. The summed E-state index contributed by atoms with van der Waals surface area (Å²) in [6.45, 7) is 0. The van der Waals surface area contributed by atoms with Crippen molar-refractivity contribution < 1.29 is 4.42 Å². The monoisotopic (exact) mass is 290 g/mol. The van der Waals surface area contributed by atoms with E-state index in [0.717, 1.165) is 22.6 Å². The molecule has 0 aliphatic heterocycles. The first-order chi connectivity index (χ1) is 10.3. The van der Waals surface area contributed by atoms with Crippen molar-refractivity contribution in [3.63, 3.8) is 0 Å². The number of rotatable bonds is 0. The van der Waals surface area contributed by atoms with Gasteiger partial charge in [-0.05, 0) is 59.0 Å². The highest BCUT2D eigenvalue weighted by Gasteiger charge is 2.21. The second-order valence-corrected chi connectivity index (χ2v) is 6.02. The highest BCUT2D eigenvalue weighted by molar-refractivity contribution is 6.30. The van der Waals surface area contributed by atoms with Gasteiger partial charge in [0.05, 0.1) is 0 Å². The van der Waals surface area contributed by atoms with Gasteiger partial charge in [-0.3, -0.25) is 0 Å². The van der Waals surface area contributed by atoms with Crippen molar-refractivity contribution in [1.82, 2.24) is 0 Å². The molecule has 5 rings (SSSR count). The number of hydrogen-bond donors (Lipinski definition) is 0. The maximum atomic E-state index is 6.11. The van der Waals surface area contributed by atoms with Crippen LogP contribution in [0.1, 0.15) is 11.1 Å². The molecule has 1 aromatic heterocycles. The van der Waals surface area contributed by atoms with Gasteiger partial charge in [0.25, 0.3) is 0 Å². The molecule has 4 aromatic rings. The van der Waals surface area contributed by atoms with Crippen LogP contribution in [0.25, 0.3) is 33.1 Å². The first-order valence-corrected chi connectivity index (χ1v) is 7.40. The SMILES string of the molecule is Clc1ccc2c(c1)Cc1cc3c(cc1-2)oc1ccccc13. The van der Waals surface area contributed by atoms with Crippen molar-refractivity contribution in [3.8, 4) is 11.1 Å². The Morgan fingerprint density at radius 1 is 0.762 bits per heavy atom. The van der Waals surface area contributed by atoms with Crippen LogP contribution in [0, 0.1) is 0 Å². The van der Waals surface area contributed by atoms with Crippen LogP contribution in [0.5, 0.6) is 0 Å². The molecular formula is C19H11ClO. The van der Waals surface area contributed by atoms with Crippen molar-refractivity contribution in [1.29, 1.82) is 0 Å². The zero-order valence-corrected chi connectivity index (χ0v) is 11.9. The van der Waals surface area contributed by atoms with E-state index in [2.05, 4.69) is 36.4 Å². The lowest BCUT2D eigenvalue weighted by atomic mass is 10.0. The summed E-state index contributed by atoms with van der Waals surface area (Å²) in [5.74, 6) is 0. The van der Waals surface area contributed by atoms with Gasteiger partial charge in [-0.15, -0.1) is 0 Å². The second-order valence-electron chi connectivity index (χ2n) is 5.58. The van der Waals surface area contributed by atoms with E-state index in [0.29, 0.717) is 0 Å². The largest absolute Gasteiger partial charge is 0.456 e. The van der Waals surface area contributed by atoms with Gasteiger partial charge in [-0.2, -0.15) is 0 Å². The van der Waals surface area contributed by atoms with Crippen LogP contribution in [0.2, 0.25) is 5.02 Å². The number of para-hydroxylation sites is 1. The van der Waals surface area contributed by atoms with Gasteiger partial charge in [0.2, 0.25) is 0 Å². The minimum absolute atomic E-state index is 0.802. The molecule has 0 N–H and O–H groups in total. The number of hydrogen-bond acceptors (Lipinski definition) is 1. The van der Waals surface area contributed by atoms with Crippen LogP contribution in [-0.4, -0.2) is 0 Å². The average molecular weight is 291 g/mol.